The number of methoxy groups -OCH3 is 3. The molecule has 19 heavy (non-hydrogen) atoms. The minimum absolute atomic E-state index is 0. The number of nitrogens with two attached hydrogens (primary N) is 1. The van der Waals surface area contributed by atoms with Crippen LogP contribution in [0.4, 0.5) is 13.2 Å². The van der Waals surface area contributed by atoms with Crippen molar-refractivity contribution in [2.75, 3.05) is 21.3 Å². The summed E-state index contributed by atoms with van der Waals surface area (Å²) in [5.41, 5.74) is 4.96. The Kier molecular flexibility index (Phi) is 6.24. The molecule has 0 heterocycles. The second-order valence-corrected chi connectivity index (χ2v) is 3.44. The highest BCUT2D eigenvalue weighted by Gasteiger charge is 2.40. The van der Waals surface area contributed by atoms with E-state index in [1.54, 1.807) is 0 Å². The summed E-state index contributed by atoms with van der Waals surface area (Å²) in [6, 6.07) is 0.410. The first kappa shape index (κ1) is 17.7. The molecule has 0 aliphatic heterocycles. The fraction of sp³-hybridized carbons (Fsp3) is 0.455. The standard InChI is InChI=1S/C11H14F3NO3.ClH/c1-16-7-5-4-6(10(15)11(12,13)14)8(17-2)9(7)18-3;/h4-5,10H,15H2,1-3H3;1H/t10-;/m1./s1. The Morgan fingerprint density at radius 1 is 1.00 bits per heavy atom. The van der Waals surface area contributed by atoms with E-state index >= 15 is 0 Å². The number of hydrogen-bond donors (Lipinski definition) is 1. The Balaban J connectivity index is 0.00000324. The third-order valence-corrected chi connectivity index (χ3v) is 2.42. The van der Waals surface area contributed by atoms with Crippen LogP contribution < -0.4 is 19.9 Å². The minimum Gasteiger partial charge on any atom is -0.493 e. The van der Waals surface area contributed by atoms with Crippen LogP contribution in [-0.4, -0.2) is 27.5 Å². The molecular formula is C11H15ClF3NO3. The van der Waals surface area contributed by atoms with Crippen molar-refractivity contribution in [2.45, 2.75) is 12.2 Å². The van der Waals surface area contributed by atoms with Gasteiger partial charge in [0, 0.05) is 5.56 Å². The van der Waals surface area contributed by atoms with E-state index in [4.69, 9.17) is 19.9 Å². The van der Waals surface area contributed by atoms with Gasteiger partial charge in [-0.15, -0.1) is 12.4 Å². The predicted octanol–water partition coefficient (Wildman–Crippen LogP) is 2.70. The van der Waals surface area contributed by atoms with Crippen molar-refractivity contribution in [3.8, 4) is 17.2 Å². The summed E-state index contributed by atoms with van der Waals surface area (Å²) in [6.45, 7) is 0. The normalized spacial score (nSPS) is 12.4. The summed E-state index contributed by atoms with van der Waals surface area (Å²) >= 11 is 0. The van der Waals surface area contributed by atoms with Gasteiger partial charge in [-0.2, -0.15) is 13.2 Å². The van der Waals surface area contributed by atoms with Crippen molar-refractivity contribution in [3.63, 3.8) is 0 Å². The van der Waals surface area contributed by atoms with Crippen molar-refractivity contribution in [2.24, 2.45) is 5.73 Å². The summed E-state index contributed by atoms with van der Waals surface area (Å²) in [6.07, 6.45) is -4.56. The van der Waals surface area contributed by atoms with Gasteiger partial charge in [0.15, 0.2) is 11.5 Å². The van der Waals surface area contributed by atoms with Crippen LogP contribution in [0.25, 0.3) is 0 Å². The first-order valence-corrected chi connectivity index (χ1v) is 4.98. The Bertz CT molecular complexity index is 426. The van der Waals surface area contributed by atoms with Gasteiger partial charge in [0.1, 0.15) is 6.04 Å². The molecule has 0 aromatic heterocycles. The van der Waals surface area contributed by atoms with Crippen molar-refractivity contribution < 1.29 is 27.4 Å². The quantitative estimate of drug-likeness (QED) is 0.929. The van der Waals surface area contributed by atoms with Gasteiger partial charge in [-0.05, 0) is 12.1 Å². The highest BCUT2D eigenvalue weighted by molar-refractivity contribution is 5.85. The second-order valence-electron chi connectivity index (χ2n) is 3.44. The van der Waals surface area contributed by atoms with E-state index in [2.05, 4.69) is 0 Å². The largest absolute Gasteiger partial charge is 0.493 e. The van der Waals surface area contributed by atoms with Gasteiger partial charge >= 0.3 is 6.18 Å². The van der Waals surface area contributed by atoms with E-state index in [0.717, 1.165) is 0 Å². The SMILES string of the molecule is COc1ccc([C@@H](N)C(F)(F)F)c(OC)c1OC.Cl. The maximum atomic E-state index is 12.6. The van der Waals surface area contributed by atoms with E-state index in [1.165, 1.54) is 33.5 Å². The van der Waals surface area contributed by atoms with Crippen LogP contribution in [0.3, 0.4) is 0 Å². The van der Waals surface area contributed by atoms with E-state index in [1.807, 2.05) is 0 Å². The zero-order chi connectivity index (χ0) is 13.9. The molecular weight excluding hydrogens is 287 g/mol. The van der Waals surface area contributed by atoms with Gasteiger partial charge in [-0.1, -0.05) is 0 Å². The predicted molar refractivity (Wildman–Crippen MR) is 66.3 cm³/mol. The monoisotopic (exact) mass is 301 g/mol. The number of hydrogen-bond acceptors (Lipinski definition) is 4. The Morgan fingerprint density at radius 2 is 1.53 bits per heavy atom. The summed E-state index contributed by atoms with van der Waals surface area (Å²) in [7, 11) is 3.92. The lowest BCUT2D eigenvalue weighted by molar-refractivity contribution is -0.149. The zero-order valence-corrected chi connectivity index (χ0v) is 11.4. The minimum atomic E-state index is -4.56. The van der Waals surface area contributed by atoms with Gasteiger partial charge in [0.25, 0.3) is 0 Å². The summed E-state index contributed by atoms with van der Waals surface area (Å²) < 4.78 is 52.8. The molecule has 0 aliphatic carbocycles. The number of alkyl halides is 3. The molecule has 0 unspecified atom stereocenters. The molecule has 110 valence electrons. The van der Waals surface area contributed by atoms with Crippen LogP contribution in [0.1, 0.15) is 11.6 Å². The van der Waals surface area contributed by atoms with Crippen LogP contribution in [0.5, 0.6) is 17.2 Å². The molecule has 1 aromatic carbocycles. The highest BCUT2D eigenvalue weighted by Crippen LogP contribution is 2.44. The molecule has 0 bridgehead atoms. The third-order valence-electron chi connectivity index (χ3n) is 2.42. The first-order chi connectivity index (χ1) is 8.36. The van der Waals surface area contributed by atoms with Gasteiger partial charge in [-0.25, -0.2) is 0 Å². The second kappa shape index (κ2) is 6.72. The lowest BCUT2D eigenvalue weighted by atomic mass is 10.0. The molecule has 0 amide bonds. The lowest BCUT2D eigenvalue weighted by Crippen LogP contribution is -2.28. The zero-order valence-electron chi connectivity index (χ0n) is 10.6. The molecule has 0 spiro atoms. The van der Waals surface area contributed by atoms with Gasteiger partial charge in [0.2, 0.25) is 5.75 Å². The van der Waals surface area contributed by atoms with Crippen molar-refractivity contribution in [3.05, 3.63) is 17.7 Å². The first-order valence-electron chi connectivity index (χ1n) is 4.98. The molecule has 1 atom stereocenters. The van der Waals surface area contributed by atoms with E-state index in [-0.39, 0.29) is 35.2 Å². The van der Waals surface area contributed by atoms with Crippen molar-refractivity contribution >= 4 is 12.4 Å². The molecule has 2 N–H and O–H groups in total. The van der Waals surface area contributed by atoms with Gasteiger partial charge in [0.05, 0.1) is 21.3 Å². The van der Waals surface area contributed by atoms with E-state index in [0.29, 0.717) is 0 Å². The molecule has 0 aliphatic rings. The van der Waals surface area contributed by atoms with Crippen LogP contribution in [0.2, 0.25) is 0 Å². The number of ether oxygens (including phenoxy) is 3. The van der Waals surface area contributed by atoms with Crippen LogP contribution >= 0.6 is 12.4 Å². The fourth-order valence-electron chi connectivity index (χ4n) is 1.55. The van der Waals surface area contributed by atoms with E-state index < -0.39 is 12.2 Å². The summed E-state index contributed by atoms with van der Waals surface area (Å²) in [5.74, 6) is 0.270. The Morgan fingerprint density at radius 3 is 1.89 bits per heavy atom. The van der Waals surface area contributed by atoms with Crippen molar-refractivity contribution in [1.29, 1.82) is 0 Å². The summed E-state index contributed by atoms with van der Waals surface area (Å²) in [4.78, 5) is 0. The number of benzene rings is 1. The Hall–Kier alpha value is -1.34. The van der Waals surface area contributed by atoms with Gasteiger partial charge < -0.3 is 19.9 Å². The Labute approximate surface area is 115 Å². The molecule has 0 radical (unpaired) electrons. The average molecular weight is 302 g/mol. The lowest BCUT2D eigenvalue weighted by Gasteiger charge is -2.21. The van der Waals surface area contributed by atoms with Crippen molar-refractivity contribution in [1.82, 2.24) is 0 Å². The topological polar surface area (TPSA) is 53.7 Å². The fourth-order valence-corrected chi connectivity index (χ4v) is 1.55. The molecule has 1 rings (SSSR count). The van der Waals surface area contributed by atoms with Crippen LogP contribution in [-0.2, 0) is 0 Å². The van der Waals surface area contributed by atoms with Crippen LogP contribution in [0.15, 0.2) is 12.1 Å². The highest BCUT2D eigenvalue weighted by atomic mass is 35.5. The van der Waals surface area contributed by atoms with E-state index in [9.17, 15) is 13.2 Å². The maximum absolute atomic E-state index is 12.6. The summed E-state index contributed by atoms with van der Waals surface area (Å²) in [5, 5.41) is 0. The smallest absolute Gasteiger partial charge is 0.407 e. The third kappa shape index (κ3) is 3.57. The number of rotatable bonds is 4. The van der Waals surface area contributed by atoms with Crippen LogP contribution in [0, 0.1) is 0 Å². The molecule has 0 saturated heterocycles. The molecule has 0 saturated carbocycles. The molecule has 1 aromatic rings. The average Bonchev–Trinajstić information content (AvgIpc) is 2.34. The molecule has 8 heteroatoms. The van der Waals surface area contributed by atoms with Gasteiger partial charge in [-0.3, -0.25) is 0 Å². The maximum Gasteiger partial charge on any atom is 0.407 e. The molecule has 4 nitrogen and oxygen atoms in total. The molecule has 0 fully saturated rings. The number of halogens is 4.